The summed E-state index contributed by atoms with van der Waals surface area (Å²) >= 11 is 0. The van der Waals surface area contributed by atoms with Gasteiger partial charge in [0.25, 0.3) is 0 Å². The number of nitrogens with one attached hydrogen (secondary N) is 2. The van der Waals surface area contributed by atoms with Crippen molar-refractivity contribution in [1.82, 2.24) is 10.6 Å². The van der Waals surface area contributed by atoms with Crippen LogP contribution in [0.5, 0.6) is 0 Å². The Bertz CT molecular complexity index is 281. The topological polar surface area (TPSA) is 41.1 Å². The molecular weight excluding hydrogens is 236 g/mol. The van der Waals surface area contributed by atoms with Crippen LogP contribution < -0.4 is 10.6 Å². The second kappa shape index (κ2) is 5.15. The molecule has 4 unspecified atom stereocenters. The zero-order valence-electron chi connectivity index (χ0n) is 10.4. The molecule has 3 nitrogen and oxygen atoms in total. The number of amides is 1. The number of halogens is 1. The lowest BCUT2D eigenvalue weighted by atomic mass is 10.0. The van der Waals surface area contributed by atoms with Crippen LogP contribution in [0.3, 0.4) is 0 Å². The van der Waals surface area contributed by atoms with Crippen molar-refractivity contribution in [3.05, 3.63) is 0 Å². The van der Waals surface area contributed by atoms with E-state index in [0.29, 0.717) is 11.8 Å². The molecule has 0 radical (unpaired) electrons. The van der Waals surface area contributed by atoms with Crippen LogP contribution in [-0.4, -0.2) is 26.0 Å². The first-order chi connectivity index (χ1) is 7.83. The van der Waals surface area contributed by atoms with Crippen molar-refractivity contribution in [2.24, 2.45) is 29.6 Å². The third-order valence-corrected chi connectivity index (χ3v) is 4.94. The minimum Gasteiger partial charge on any atom is -0.356 e. The maximum atomic E-state index is 12.0. The molecule has 0 heterocycles. The molecule has 0 spiro atoms. The van der Waals surface area contributed by atoms with E-state index in [1.165, 1.54) is 19.3 Å². The van der Waals surface area contributed by atoms with Gasteiger partial charge in [-0.25, -0.2) is 0 Å². The van der Waals surface area contributed by atoms with Gasteiger partial charge in [-0.2, -0.15) is 0 Å². The third-order valence-electron chi connectivity index (χ3n) is 4.94. The summed E-state index contributed by atoms with van der Waals surface area (Å²) in [5, 5.41) is 6.20. The largest absolute Gasteiger partial charge is 0.356 e. The van der Waals surface area contributed by atoms with Crippen LogP contribution >= 0.6 is 12.4 Å². The van der Waals surface area contributed by atoms with E-state index in [4.69, 9.17) is 0 Å². The van der Waals surface area contributed by atoms with Gasteiger partial charge in [0.2, 0.25) is 5.91 Å². The summed E-state index contributed by atoms with van der Waals surface area (Å²) in [4.78, 5) is 12.0. The van der Waals surface area contributed by atoms with Gasteiger partial charge in [-0.1, -0.05) is 0 Å². The van der Waals surface area contributed by atoms with Gasteiger partial charge >= 0.3 is 0 Å². The molecule has 0 aromatic carbocycles. The van der Waals surface area contributed by atoms with Gasteiger partial charge in [0.1, 0.15) is 0 Å². The first kappa shape index (κ1) is 13.2. The maximum Gasteiger partial charge on any atom is 0.223 e. The molecule has 17 heavy (non-hydrogen) atoms. The summed E-state index contributed by atoms with van der Waals surface area (Å²) in [6.07, 6.45) is 5.26. The number of hydrogen-bond acceptors (Lipinski definition) is 2. The predicted octanol–water partition coefficient (Wildman–Crippen LogP) is 1.43. The normalized spacial score (nSPS) is 40.6. The molecule has 3 aliphatic carbocycles. The van der Waals surface area contributed by atoms with E-state index in [1.54, 1.807) is 0 Å². The summed E-state index contributed by atoms with van der Waals surface area (Å²) in [6.45, 7) is 1.83. The Kier molecular flexibility index (Phi) is 3.99. The van der Waals surface area contributed by atoms with E-state index < -0.39 is 0 Å². The van der Waals surface area contributed by atoms with Gasteiger partial charge in [-0.15, -0.1) is 12.4 Å². The highest BCUT2D eigenvalue weighted by atomic mass is 35.5. The highest BCUT2D eigenvalue weighted by Crippen LogP contribution is 2.69. The van der Waals surface area contributed by atoms with Gasteiger partial charge in [-0.3, -0.25) is 4.79 Å². The van der Waals surface area contributed by atoms with Crippen molar-refractivity contribution < 1.29 is 4.79 Å². The van der Waals surface area contributed by atoms with Crippen LogP contribution in [0.1, 0.15) is 25.7 Å². The molecule has 3 aliphatic rings. The van der Waals surface area contributed by atoms with Crippen LogP contribution in [0.4, 0.5) is 0 Å². The minimum atomic E-state index is 0. The smallest absolute Gasteiger partial charge is 0.223 e. The minimum absolute atomic E-state index is 0. The van der Waals surface area contributed by atoms with E-state index >= 15 is 0 Å². The predicted molar refractivity (Wildman–Crippen MR) is 70.1 cm³/mol. The fraction of sp³-hybridized carbons (Fsp3) is 0.923. The maximum absolute atomic E-state index is 12.0. The molecule has 0 aromatic heterocycles. The zero-order valence-corrected chi connectivity index (χ0v) is 11.3. The first-order valence-electron chi connectivity index (χ1n) is 6.75. The fourth-order valence-electron chi connectivity index (χ4n) is 4.27. The van der Waals surface area contributed by atoms with Crippen LogP contribution in [0.2, 0.25) is 0 Å². The van der Waals surface area contributed by atoms with Crippen molar-refractivity contribution in [2.45, 2.75) is 25.7 Å². The number of carbonyl (C=O) groups is 1. The second-order valence-electron chi connectivity index (χ2n) is 5.76. The summed E-state index contributed by atoms with van der Waals surface area (Å²) < 4.78 is 0. The van der Waals surface area contributed by atoms with Crippen molar-refractivity contribution in [3.8, 4) is 0 Å². The molecular formula is C13H23ClN2O. The molecule has 3 rings (SSSR count). The lowest BCUT2D eigenvalue weighted by Crippen LogP contribution is -2.29. The Morgan fingerprint density at radius 2 is 1.82 bits per heavy atom. The molecule has 4 heteroatoms. The molecule has 4 atom stereocenters. The number of rotatable bonds is 5. The van der Waals surface area contributed by atoms with Crippen LogP contribution in [0.25, 0.3) is 0 Å². The van der Waals surface area contributed by atoms with Gasteiger partial charge in [-0.05, 0) is 62.9 Å². The standard InChI is InChI=1S/C13H22N2O.ClH/c1-14-5-2-6-15-13(16)12-10-8-3-4-9(7-8)11(10)12;/h8-12,14H,2-7H2,1H3,(H,15,16);1H. The monoisotopic (exact) mass is 258 g/mol. The summed E-state index contributed by atoms with van der Waals surface area (Å²) in [5.74, 6) is 4.13. The Balaban J connectivity index is 0.00000108. The molecule has 1 amide bonds. The van der Waals surface area contributed by atoms with Gasteiger partial charge in [0, 0.05) is 12.5 Å². The van der Waals surface area contributed by atoms with E-state index in [1.807, 2.05) is 7.05 Å². The van der Waals surface area contributed by atoms with Gasteiger partial charge in [0.05, 0.1) is 0 Å². The molecule has 0 aromatic rings. The first-order valence-corrected chi connectivity index (χ1v) is 6.75. The molecule has 2 bridgehead atoms. The lowest BCUT2D eigenvalue weighted by Gasteiger charge is -2.09. The summed E-state index contributed by atoms with van der Waals surface area (Å²) in [5.41, 5.74) is 0. The molecule has 0 saturated heterocycles. The quantitative estimate of drug-likeness (QED) is 0.733. The molecule has 3 fully saturated rings. The Morgan fingerprint density at radius 1 is 1.18 bits per heavy atom. The van der Waals surface area contributed by atoms with Gasteiger partial charge in [0.15, 0.2) is 0 Å². The van der Waals surface area contributed by atoms with E-state index in [0.717, 1.165) is 43.2 Å². The van der Waals surface area contributed by atoms with Crippen LogP contribution in [-0.2, 0) is 4.79 Å². The average molecular weight is 259 g/mol. The van der Waals surface area contributed by atoms with Crippen molar-refractivity contribution >= 4 is 18.3 Å². The molecule has 98 valence electrons. The number of fused-ring (bicyclic) bond motifs is 5. The van der Waals surface area contributed by atoms with E-state index in [-0.39, 0.29) is 12.4 Å². The molecule has 2 N–H and O–H groups in total. The lowest BCUT2D eigenvalue weighted by molar-refractivity contribution is -0.123. The Labute approximate surface area is 110 Å². The van der Waals surface area contributed by atoms with Crippen LogP contribution in [0.15, 0.2) is 0 Å². The molecule has 0 aliphatic heterocycles. The Morgan fingerprint density at radius 3 is 2.41 bits per heavy atom. The SMILES string of the molecule is CNCCCNC(=O)C1C2C3CCC(C3)C12.Cl. The summed E-state index contributed by atoms with van der Waals surface area (Å²) in [6, 6.07) is 0. The van der Waals surface area contributed by atoms with E-state index in [9.17, 15) is 4.79 Å². The molecule has 3 saturated carbocycles. The van der Waals surface area contributed by atoms with E-state index in [2.05, 4.69) is 10.6 Å². The fourth-order valence-corrected chi connectivity index (χ4v) is 4.27. The van der Waals surface area contributed by atoms with Crippen LogP contribution in [0, 0.1) is 29.6 Å². The second-order valence-corrected chi connectivity index (χ2v) is 5.76. The average Bonchev–Trinajstić information content (AvgIpc) is 2.74. The van der Waals surface area contributed by atoms with Crippen molar-refractivity contribution in [1.29, 1.82) is 0 Å². The van der Waals surface area contributed by atoms with Crippen molar-refractivity contribution in [2.75, 3.05) is 20.1 Å². The number of hydrogen-bond donors (Lipinski definition) is 2. The highest BCUT2D eigenvalue weighted by molar-refractivity contribution is 5.85. The summed E-state index contributed by atoms with van der Waals surface area (Å²) in [7, 11) is 1.95. The third kappa shape index (κ3) is 2.19. The number of carbonyl (C=O) groups excluding carboxylic acids is 1. The zero-order chi connectivity index (χ0) is 11.1. The Hall–Kier alpha value is -0.280. The van der Waals surface area contributed by atoms with Gasteiger partial charge < -0.3 is 10.6 Å². The van der Waals surface area contributed by atoms with Crippen molar-refractivity contribution in [3.63, 3.8) is 0 Å². The highest BCUT2D eigenvalue weighted by Gasteiger charge is 2.67.